The predicted molar refractivity (Wildman–Crippen MR) is 110 cm³/mol. The van der Waals surface area contributed by atoms with E-state index in [1.807, 2.05) is 67.6 Å². The number of hydrogen-bond donors (Lipinski definition) is 1. The van der Waals surface area contributed by atoms with E-state index in [2.05, 4.69) is 10.5 Å². The summed E-state index contributed by atoms with van der Waals surface area (Å²) >= 11 is 0. The Morgan fingerprint density at radius 1 is 0.929 bits per heavy atom. The van der Waals surface area contributed by atoms with Crippen molar-refractivity contribution in [2.45, 2.75) is 13.5 Å². The van der Waals surface area contributed by atoms with Gasteiger partial charge < -0.3 is 9.47 Å². The van der Waals surface area contributed by atoms with Crippen LogP contribution in [0.2, 0.25) is 0 Å². The summed E-state index contributed by atoms with van der Waals surface area (Å²) < 4.78 is 11.2. The molecule has 0 bridgehead atoms. The zero-order valence-electron chi connectivity index (χ0n) is 15.7. The molecule has 3 aromatic rings. The molecule has 0 fully saturated rings. The van der Waals surface area contributed by atoms with Crippen LogP contribution in [-0.4, -0.2) is 18.7 Å². The lowest BCUT2D eigenvalue weighted by molar-refractivity contribution is 0.0951. The van der Waals surface area contributed by atoms with Gasteiger partial charge >= 0.3 is 0 Å². The zero-order valence-corrected chi connectivity index (χ0v) is 15.7. The van der Waals surface area contributed by atoms with Crippen molar-refractivity contribution in [1.82, 2.24) is 5.43 Å². The van der Waals surface area contributed by atoms with Crippen molar-refractivity contribution in [3.63, 3.8) is 0 Å². The first-order chi connectivity index (χ1) is 13.8. The lowest BCUT2D eigenvalue weighted by Crippen LogP contribution is -2.18. The average Bonchev–Trinajstić information content (AvgIpc) is 2.74. The van der Waals surface area contributed by atoms with Gasteiger partial charge in [-0.05, 0) is 54.4 Å². The first kappa shape index (κ1) is 19.2. The largest absolute Gasteiger partial charge is 0.493 e. The van der Waals surface area contributed by atoms with Gasteiger partial charge in [0.05, 0.1) is 18.4 Å². The summed E-state index contributed by atoms with van der Waals surface area (Å²) in [7, 11) is 0. The third-order valence-corrected chi connectivity index (χ3v) is 3.94. The molecule has 0 radical (unpaired) electrons. The molecule has 5 nitrogen and oxygen atoms in total. The Kier molecular flexibility index (Phi) is 6.79. The van der Waals surface area contributed by atoms with E-state index in [1.165, 1.54) is 0 Å². The minimum absolute atomic E-state index is 0.317. The second kappa shape index (κ2) is 9.92. The molecule has 0 unspecified atom stereocenters. The Bertz CT molecular complexity index is 922. The molecule has 0 saturated carbocycles. The molecule has 0 aliphatic heterocycles. The standard InChI is InChI=1S/C23H22N2O3/c1-2-27-22-11-7-6-10-21(22)23(26)25-24-16-18-12-14-20(15-13-18)28-17-19-8-4-3-5-9-19/h3-16H,2,17H2,1H3,(H,25,26)/b24-16-. The number of ether oxygens (including phenoxy) is 2. The molecule has 1 N–H and O–H groups in total. The number of carbonyl (C=O) groups excluding carboxylic acids is 1. The smallest absolute Gasteiger partial charge is 0.275 e. The summed E-state index contributed by atoms with van der Waals surface area (Å²) in [6.07, 6.45) is 1.59. The Morgan fingerprint density at radius 3 is 2.39 bits per heavy atom. The van der Waals surface area contributed by atoms with Crippen LogP contribution in [0.4, 0.5) is 0 Å². The highest BCUT2D eigenvalue weighted by molar-refractivity contribution is 5.97. The molecule has 1 amide bonds. The van der Waals surface area contributed by atoms with Gasteiger partial charge in [-0.1, -0.05) is 42.5 Å². The van der Waals surface area contributed by atoms with Gasteiger partial charge in [-0.3, -0.25) is 4.79 Å². The van der Waals surface area contributed by atoms with Crippen molar-refractivity contribution in [1.29, 1.82) is 0 Å². The summed E-state index contributed by atoms with van der Waals surface area (Å²) in [6, 6.07) is 24.6. The molecular formula is C23H22N2O3. The van der Waals surface area contributed by atoms with Crippen molar-refractivity contribution in [3.05, 3.63) is 95.6 Å². The number of hydrogen-bond acceptors (Lipinski definition) is 4. The zero-order chi connectivity index (χ0) is 19.6. The molecule has 3 aromatic carbocycles. The second-order valence-corrected chi connectivity index (χ2v) is 5.97. The van der Waals surface area contributed by atoms with E-state index in [1.54, 1.807) is 24.4 Å². The van der Waals surface area contributed by atoms with Crippen molar-refractivity contribution in [2.75, 3.05) is 6.61 Å². The molecule has 3 rings (SSSR count). The first-order valence-electron chi connectivity index (χ1n) is 9.08. The lowest BCUT2D eigenvalue weighted by Gasteiger charge is -2.08. The van der Waals surface area contributed by atoms with Gasteiger partial charge in [-0.15, -0.1) is 0 Å². The van der Waals surface area contributed by atoms with Crippen LogP contribution in [0.5, 0.6) is 11.5 Å². The second-order valence-electron chi connectivity index (χ2n) is 5.97. The molecule has 142 valence electrons. The SMILES string of the molecule is CCOc1ccccc1C(=O)N/N=C\c1ccc(OCc2ccccc2)cc1. The number of nitrogens with one attached hydrogen (secondary N) is 1. The van der Waals surface area contributed by atoms with Gasteiger partial charge in [0.25, 0.3) is 5.91 Å². The number of para-hydroxylation sites is 1. The highest BCUT2D eigenvalue weighted by Crippen LogP contribution is 2.17. The fraction of sp³-hybridized carbons (Fsp3) is 0.130. The van der Waals surface area contributed by atoms with Crippen LogP contribution in [0.1, 0.15) is 28.4 Å². The molecule has 0 heterocycles. The maximum Gasteiger partial charge on any atom is 0.275 e. The minimum Gasteiger partial charge on any atom is -0.493 e. The van der Waals surface area contributed by atoms with Gasteiger partial charge in [-0.25, -0.2) is 5.43 Å². The molecule has 0 aromatic heterocycles. The third kappa shape index (κ3) is 5.45. The molecule has 28 heavy (non-hydrogen) atoms. The number of rotatable bonds is 8. The minimum atomic E-state index is -0.317. The summed E-state index contributed by atoms with van der Waals surface area (Å²) in [5.74, 6) is 0.997. The quantitative estimate of drug-likeness (QED) is 0.469. The Balaban J connectivity index is 1.54. The molecule has 0 aliphatic carbocycles. The van der Waals surface area contributed by atoms with E-state index >= 15 is 0 Å². The molecule has 0 saturated heterocycles. The fourth-order valence-electron chi connectivity index (χ4n) is 2.55. The Morgan fingerprint density at radius 2 is 1.64 bits per heavy atom. The summed E-state index contributed by atoms with van der Waals surface area (Å²) in [6.45, 7) is 2.88. The predicted octanol–water partition coefficient (Wildman–Crippen LogP) is 4.43. The first-order valence-corrected chi connectivity index (χ1v) is 9.08. The van der Waals surface area contributed by atoms with E-state index in [-0.39, 0.29) is 5.91 Å². The summed E-state index contributed by atoms with van der Waals surface area (Å²) in [5.41, 5.74) is 4.94. The Hall–Kier alpha value is -3.60. The number of hydrazone groups is 1. The van der Waals surface area contributed by atoms with Crippen LogP contribution in [0.3, 0.4) is 0 Å². The van der Waals surface area contributed by atoms with E-state index in [4.69, 9.17) is 9.47 Å². The van der Waals surface area contributed by atoms with Crippen molar-refractivity contribution in [2.24, 2.45) is 5.10 Å². The highest BCUT2D eigenvalue weighted by atomic mass is 16.5. The topological polar surface area (TPSA) is 59.9 Å². The Labute approximate surface area is 164 Å². The van der Waals surface area contributed by atoms with Crippen LogP contribution in [0, 0.1) is 0 Å². The lowest BCUT2D eigenvalue weighted by atomic mass is 10.2. The van der Waals surface area contributed by atoms with Crippen molar-refractivity contribution in [3.8, 4) is 11.5 Å². The molecular weight excluding hydrogens is 352 g/mol. The number of nitrogens with zero attached hydrogens (tertiary/aromatic N) is 1. The molecule has 0 spiro atoms. The normalized spacial score (nSPS) is 10.6. The van der Waals surface area contributed by atoms with E-state index in [9.17, 15) is 4.79 Å². The van der Waals surface area contributed by atoms with E-state index < -0.39 is 0 Å². The monoisotopic (exact) mass is 374 g/mol. The number of benzene rings is 3. The molecule has 5 heteroatoms. The van der Waals surface area contributed by atoms with Gasteiger partial charge in [0.2, 0.25) is 0 Å². The summed E-state index contributed by atoms with van der Waals surface area (Å²) in [5, 5.41) is 4.02. The van der Waals surface area contributed by atoms with Crippen LogP contribution in [0.15, 0.2) is 84.0 Å². The van der Waals surface area contributed by atoms with Gasteiger partial charge in [0, 0.05) is 0 Å². The maximum atomic E-state index is 12.3. The van der Waals surface area contributed by atoms with E-state index in [0.29, 0.717) is 24.5 Å². The van der Waals surface area contributed by atoms with Gasteiger partial charge in [0.15, 0.2) is 0 Å². The van der Waals surface area contributed by atoms with Crippen LogP contribution >= 0.6 is 0 Å². The highest BCUT2D eigenvalue weighted by Gasteiger charge is 2.10. The summed E-state index contributed by atoms with van der Waals surface area (Å²) in [4.78, 5) is 12.3. The third-order valence-electron chi connectivity index (χ3n) is 3.94. The average molecular weight is 374 g/mol. The van der Waals surface area contributed by atoms with Gasteiger partial charge in [-0.2, -0.15) is 5.10 Å². The molecule has 0 atom stereocenters. The number of carbonyl (C=O) groups is 1. The van der Waals surface area contributed by atoms with Crippen LogP contribution < -0.4 is 14.9 Å². The van der Waals surface area contributed by atoms with Crippen molar-refractivity contribution >= 4 is 12.1 Å². The van der Waals surface area contributed by atoms with Crippen molar-refractivity contribution < 1.29 is 14.3 Å². The van der Waals surface area contributed by atoms with Crippen LogP contribution in [0.25, 0.3) is 0 Å². The molecule has 0 aliphatic rings. The maximum absolute atomic E-state index is 12.3. The van der Waals surface area contributed by atoms with Crippen LogP contribution in [-0.2, 0) is 6.61 Å². The fourth-order valence-corrected chi connectivity index (χ4v) is 2.55. The number of amides is 1. The van der Waals surface area contributed by atoms with Gasteiger partial charge in [0.1, 0.15) is 18.1 Å². The van der Waals surface area contributed by atoms with E-state index in [0.717, 1.165) is 16.9 Å².